The molecule has 0 rings (SSSR count). The Labute approximate surface area is 169 Å². The molecule has 0 aliphatic carbocycles. The van der Waals surface area contributed by atoms with Crippen LogP contribution in [0, 0.1) is 17.8 Å². The van der Waals surface area contributed by atoms with Gasteiger partial charge in [-0.1, -0.05) is 59.8 Å². The SMILES string of the molecule is C=C[C@@H](CC)[C@@H](C[C@@H](O)[C@H](C)C(=O)[C@@H](C)C/C=C/C)O[Si](C)(C)C(C)(C)C. The summed E-state index contributed by atoms with van der Waals surface area (Å²) in [5, 5.41) is 10.9. The number of hydrogen-bond donors (Lipinski definition) is 1. The Bertz CT molecular complexity index is 490. The van der Waals surface area contributed by atoms with E-state index in [0.29, 0.717) is 6.42 Å². The number of Topliss-reactive ketones (excluding diaryl/α,β-unsaturated/α-hetero) is 1. The molecule has 0 aliphatic heterocycles. The smallest absolute Gasteiger partial charge is 0.192 e. The first-order valence-corrected chi connectivity index (χ1v) is 13.4. The van der Waals surface area contributed by atoms with E-state index in [-0.39, 0.29) is 28.8 Å². The van der Waals surface area contributed by atoms with Gasteiger partial charge in [0.15, 0.2) is 8.32 Å². The minimum absolute atomic E-state index is 0.0769. The third kappa shape index (κ3) is 8.04. The summed E-state index contributed by atoms with van der Waals surface area (Å²) in [5.41, 5.74) is 0. The highest BCUT2D eigenvalue weighted by atomic mass is 28.4. The van der Waals surface area contributed by atoms with Gasteiger partial charge in [-0.25, -0.2) is 0 Å². The average molecular weight is 397 g/mol. The Morgan fingerprint density at radius 3 is 2.22 bits per heavy atom. The van der Waals surface area contributed by atoms with Crippen molar-refractivity contribution in [3.05, 3.63) is 24.8 Å². The maximum Gasteiger partial charge on any atom is 0.192 e. The second-order valence-corrected chi connectivity index (χ2v) is 14.2. The largest absolute Gasteiger partial charge is 0.413 e. The number of rotatable bonds is 12. The maximum absolute atomic E-state index is 12.7. The Kier molecular flexibility index (Phi) is 11.0. The molecule has 0 fully saturated rings. The average Bonchev–Trinajstić information content (AvgIpc) is 2.57. The lowest BCUT2D eigenvalue weighted by molar-refractivity contribution is -0.129. The van der Waals surface area contributed by atoms with Crippen molar-refractivity contribution in [2.75, 3.05) is 0 Å². The summed E-state index contributed by atoms with van der Waals surface area (Å²) >= 11 is 0. The minimum Gasteiger partial charge on any atom is -0.413 e. The summed E-state index contributed by atoms with van der Waals surface area (Å²) in [6.45, 7) is 23.0. The molecule has 0 saturated carbocycles. The molecular weight excluding hydrogens is 352 g/mol. The van der Waals surface area contributed by atoms with Gasteiger partial charge in [-0.3, -0.25) is 4.79 Å². The van der Waals surface area contributed by atoms with E-state index < -0.39 is 20.3 Å². The second-order valence-electron chi connectivity index (χ2n) is 9.42. The number of carbonyl (C=O) groups is 1. The lowest BCUT2D eigenvalue weighted by atomic mass is 9.85. The molecule has 4 heteroatoms. The second kappa shape index (κ2) is 11.3. The first-order chi connectivity index (χ1) is 12.3. The number of aliphatic hydroxyl groups excluding tert-OH is 1. The van der Waals surface area contributed by atoms with Crippen LogP contribution in [-0.4, -0.2) is 31.4 Å². The van der Waals surface area contributed by atoms with Crippen LogP contribution in [0.3, 0.4) is 0 Å². The number of carbonyl (C=O) groups excluding carboxylic acids is 1. The van der Waals surface area contributed by atoms with Gasteiger partial charge >= 0.3 is 0 Å². The van der Waals surface area contributed by atoms with E-state index >= 15 is 0 Å². The molecule has 5 atom stereocenters. The molecule has 3 nitrogen and oxygen atoms in total. The molecule has 27 heavy (non-hydrogen) atoms. The van der Waals surface area contributed by atoms with E-state index in [2.05, 4.69) is 47.4 Å². The third-order valence-electron chi connectivity index (χ3n) is 6.21. The molecule has 0 saturated heterocycles. The summed E-state index contributed by atoms with van der Waals surface area (Å²) in [6, 6.07) is 0. The van der Waals surface area contributed by atoms with Crippen LogP contribution in [0.1, 0.15) is 67.7 Å². The highest BCUT2D eigenvalue weighted by molar-refractivity contribution is 6.74. The molecular formula is C23H44O3Si. The van der Waals surface area contributed by atoms with Gasteiger partial charge in [0.25, 0.3) is 0 Å². The van der Waals surface area contributed by atoms with E-state index in [9.17, 15) is 9.90 Å². The summed E-state index contributed by atoms with van der Waals surface area (Å²) in [5.74, 6) is -0.167. The van der Waals surface area contributed by atoms with Crippen molar-refractivity contribution in [2.45, 2.75) is 98.1 Å². The standard InChI is InChI=1S/C23H44O3Si/c1-11-14-15-17(4)22(25)18(5)20(24)16-21(19(12-2)13-3)26-27(9,10)23(6,7)8/h11-12,14,17-21,24H,2,13,15-16H2,1,3-10H3/b14-11+/t17-,18-,19-,20+,21+/m0/s1. The minimum atomic E-state index is -1.98. The Hall–Kier alpha value is -0.713. The van der Waals surface area contributed by atoms with Gasteiger partial charge in [0.2, 0.25) is 0 Å². The van der Waals surface area contributed by atoms with Gasteiger partial charge in [-0.2, -0.15) is 0 Å². The number of ketones is 1. The molecule has 0 aromatic heterocycles. The van der Waals surface area contributed by atoms with Crippen molar-refractivity contribution < 1.29 is 14.3 Å². The first-order valence-electron chi connectivity index (χ1n) is 10.5. The zero-order valence-corrected chi connectivity index (χ0v) is 20.2. The van der Waals surface area contributed by atoms with Crippen LogP contribution < -0.4 is 0 Å². The van der Waals surface area contributed by atoms with Gasteiger partial charge in [0.1, 0.15) is 5.78 Å². The van der Waals surface area contributed by atoms with E-state index in [1.807, 2.05) is 39.0 Å². The summed E-state index contributed by atoms with van der Waals surface area (Å²) in [7, 11) is -1.98. The lowest BCUT2D eigenvalue weighted by Crippen LogP contribution is -2.47. The van der Waals surface area contributed by atoms with E-state index in [1.165, 1.54) is 0 Å². The fourth-order valence-corrected chi connectivity index (χ4v) is 4.37. The number of allylic oxidation sites excluding steroid dienone is 2. The molecule has 0 aromatic rings. The summed E-state index contributed by atoms with van der Waals surface area (Å²) in [6.07, 6.45) is 7.21. The lowest BCUT2D eigenvalue weighted by Gasteiger charge is -2.42. The van der Waals surface area contributed by atoms with Crippen LogP contribution in [0.25, 0.3) is 0 Å². The highest BCUT2D eigenvalue weighted by Crippen LogP contribution is 2.39. The van der Waals surface area contributed by atoms with Crippen LogP contribution >= 0.6 is 0 Å². The number of aliphatic hydroxyl groups is 1. The van der Waals surface area contributed by atoms with Crippen molar-refractivity contribution in [3.63, 3.8) is 0 Å². The molecule has 0 heterocycles. The fraction of sp³-hybridized carbons (Fsp3) is 0.783. The van der Waals surface area contributed by atoms with Gasteiger partial charge < -0.3 is 9.53 Å². The fourth-order valence-electron chi connectivity index (χ4n) is 2.98. The van der Waals surface area contributed by atoms with Crippen molar-refractivity contribution in [1.29, 1.82) is 0 Å². The van der Waals surface area contributed by atoms with Crippen LogP contribution in [0.5, 0.6) is 0 Å². The topological polar surface area (TPSA) is 46.5 Å². The molecule has 0 aliphatic rings. The maximum atomic E-state index is 12.7. The molecule has 1 N–H and O–H groups in total. The third-order valence-corrected chi connectivity index (χ3v) is 10.7. The van der Waals surface area contributed by atoms with Gasteiger partial charge in [-0.15, -0.1) is 6.58 Å². The predicted octanol–water partition coefficient (Wildman–Crippen LogP) is 6.15. The zero-order valence-electron chi connectivity index (χ0n) is 19.2. The van der Waals surface area contributed by atoms with Crippen LogP contribution in [0.4, 0.5) is 0 Å². The van der Waals surface area contributed by atoms with Crippen molar-refractivity contribution in [2.24, 2.45) is 17.8 Å². The van der Waals surface area contributed by atoms with E-state index in [1.54, 1.807) is 0 Å². The van der Waals surface area contributed by atoms with Crippen molar-refractivity contribution in [3.8, 4) is 0 Å². The molecule has 0 bridgehead atoms. The molecule has 0 unspecified atom stereocenters. The van der Waals surface area contributed by atoms with Crippen LogP contribution in [0.2, 0.25) is 18.1 Å². The predicted molar refractivity (Wildman–Crippen MR) is 119 cm³/mol. The van der Waals surface area contributed by atoms with Crippen molar-refractivity contribution in [1.82, 2.24) is 0 Å². The Morgan fingerprint density at radius 2 is 1.81 bits per heavy atom. The van der Waals surface area contributed by atoms with E-state index in [0.717, 1.165) is 12.8 Å². The van der Waals surface area contributed by atoms with Crippen molar-refractivity contribution >= 4 is 14.1 Å². The first kappa shape index (κ1) is 26.3. The monoisotopic (exact) mass is 396 g/mol. The molecule has 0 aromatic carbocycles. The number of hydrogen-bond acceptors (Lipinski definition) is 3. The molecule has 158 valence electrons. The zero-order chi connectivity index (χ0) is 21.4. The van der Waals surface area contributed by atoms with Crippen LogP contribution in [-0.2, 0) is 9.22 Å². The normalized spacial score (nSPS) is 18.7. The molecule has 0 amide bonds. The highest BCUT2D eigenvalue weighted by Gasteiger charge is 2.41. The van der Waals surface area contributed by atoms with Gasteiger partial charge in [0, 0.05) is 17.8 Å². The molecule has 0 radical (unpaired) electrons. The summed E-state index contributed by atoms with van der Waals surface area (Å²) in [4.78, 5) is 12.7. The van der Waals surface area contributed by atoms with Gasteiger partial charge in [0.05, 0.1) is 12.2 Å². The van der Waals surface area contributed by atoms with E-state index in [4.69, 9.17) is 4.43 Å². The molecule has 0 spiro atoms. The Balaban J connectivity index is 5.31. The van der Waals surface area contributed by atoms with Crippen LogP contribution in [0.15, 0.2) is 24.8 Å². The quantitative estimate of drug-likeness (QED) is 0.318. The summed E-state index contributed by atoms with van der Waals surface area (Å²) < 4.78 is 6.66. The Morgan fingerprint density at radius 1 is 1.26 bits per heavy atom. The van der Waals surface area contributed by atoms with Gasteiger partial charge in [-0.05, 0) is 44.3 Å².